The third-order valence-corrected chi connectivity index (χ3v) is 2.56. The SMILES string of the molecule is CCC(C/C(N)=N/O)OCC1CCCO1. The molecule has 88 valence electrons. The van der Waals surface area contributed by atoms with Crippen molar-refractivity contribution in [1.82, 2.24) is 0 Å². The van der Waals surface area contributed by atoms with Gasteiger partial charge in [-0.1, -0.05) is 12.1 Å². The van der Waals surface area contributed by atoms with E-state index in [0.717, 1.165) is 25.9 Å². The Morgan fingerprint density at radius 3 is 3.07 bits per heavy atom. The first-order valence-corrected chi connectivity index (χ1v) is 5.45. The van der Waals surface area contributed by atoms with Gasteiger partial charge in [-0.25, -0.2) is 0 Å². The van der Waals surface area contributed by atoms with Crippen LogP contribution in [0, 0.1) is 0 Å². The first kappa shape index (κ1) is 12.3. The fourth-order valence-corrected chi connectivity index (χ4v) is 1.61. The van der Waals surface area contributed by atoms with Crippen molar-refractivity contribution in [3.8, 4) is 0 Å². The molecule has 5 heteroatoms. The number of hydrogen-bond acceptors (Lipinski definition) is 4. The maximum atomic E-state index is 8.44. The van der Waals surface area contributed by atoms with Crippen LogP contribution in [0.2, 0.25) is 0 Å². The first-order valence-electron chi connectivity index (χ1n) is 5.45. The molecule has 2 atom stereocenters. The molecule has 0 aromatic rings. The molecule has 1 aliphatic rings. The van der Waals surface area contributed by atoms with Crippen LogP contribution in [0.5, 0.6) is 0 Å². The van der Waals surface area contributed by atoms with E-state index >= 15 is 0 Å². The summed E-state index contributed by atoms with van der Waals surface area (Å²) in [5, 5.41) is 11.4. The van der Waals surface area contributed by atoms with Crippen LogP contribution in [-0.4, -0.2) is 36.5 Å². The number of hydrogen-bond donors (Lipinski definition) is 2. The molecule has 1 rings (SSSR count). The zero-order valence-electron chi connectivity index (χ0n) is 9.19. The molecule has 0 radical (unpaired) electrons. The van der Waals surface area contributed by atoms with E-state index in [2.05, 4.69) is 5.16 Å². The second kappa shape index (κ2) is 6.63. The minimum atomic E-state index is 0.0186. The van der Waals surface area contributed by atoms with Gasteiger partial charge < -0.3 is 20.4 Å². The number of amidine groups is 1. The summed E-state index contributed by atoms with van der Waals surface area (Å²) in [5.74, 6) is 0.217. The molecule has 0 saturated carbocycles. The van der Waals surface area contributed by atoms with Gasteiger partial charge in [0, 0.05) is 13.0 Å². The minimum Gasteiger partial charge on any atom is -0.409 e. The standard InChI is InChI=1S/C10H20N2O3/c1-2-8(6-10(11)12-13)15-7-9-4-3-5-14-9/h8-9,13H,2-7H2,1H3,(H2,11,12). The summed E-state index contributed by atoms with van der Waals surface area (Å²) in [6, 6.07) is 0. The Labute approximate surface area is 90.2 Å². The molecule has 0 bridgehead atoms. The van der Waals surface area contributed by atoms with Crippen LogP contribution >= 0.6 is 0 Å². The number of nitrogens with zero attached hydrogens (tertiary/aromatic N) is 1. The summed E-state index contributed by atoms with van der Waals surface area (Å²) in [5.41, 5.74) is 5.42. The third-order valence-electron chi connectivity index (χ3n) is 2.56. The molecule has 2 unspecified atom stereocenters. The smallest absolute Gasteiger partial charge is 0.141 e. The van der Waals surface area contributed by atoms with E-state index in [0.29, 0.717) is 13.0 Å². The van der Waals surface area contributed by atoms with Gasteiger partial charge in [-0.15, -0.1) is 0 Å². The van der Waals surface area contributed by atoms with Gasteiger partial charge in [-0.05, 0) is 19.3 Å². The van der Waals surface area contributed by atoms with Gasteiger partial charge in [-0.2, -0.15) is 0 Å². The Morgan fingerprint density at radius 2 is 2.53 bits per heavy atom. The van der Waals surface area contributed by atoms with Crippen molar-refractivity contribution in [2.45, 2.75) is 44.8 Å². The van der Waals surface area contributed by atoms with Gasteiger partial charge >= 0.3 is 0 Å². The van der Waals surface area contributed by atoms with E-state index in [-0.39, 0.29) is 18.0 Å². The fourth-order valence-electron chi connectivity index (χ4n) is 1.61. The molecule has 0 amide bonds. The van der Waals surface area contributed by atoms with Gasteiger partial charge in [0.15, 0.2) is 0 Å². The van der Waals surface area contributed by atoms with Crippen LogP contribution in [-0.2, 0) is 9.47 Å². The number of nitrogens with two attached hydrogens (primary N) is 1. The maximum absolute atomic E-state index is 8.44. The molecule has 5 nitrogen and oxygen atoms in total. The van der Waals surface area contributed by atoms with E-state index in [1.165, 1.54) is 0 Å². The van der Waals surface area contributed by atoms with Crippen molar-refractivity contribution in [3.63, 3.8) is 0 Å². The molecule has 3 N–H and O–H groups in total. The quantitative estimate of drug-likeness (QED) is 0.301. The maximum Gasteiger partial charge on any atom is 0.141 e. The van der Waals surface area contributed by atoms with Gasteiger partial charge in [0.1, 0.15) is 5.84 Å². The van der Waals surface area contributed by atoms with Crippen LogP contribution < -0.4 is 5.73 Å². The summed E-state index contributed by atoms with van der Waals surface area (Å²) in [7, 11) is 0. The summed E-state index contributed by atoms with van der Waals surface area (Å²) in [4.78, 5) is 0. The lowest BCUT2D eigenvalue weighted by Gasteiger charge is -2.17. The predicted octanol–water partition coefficient (Wildman–Crippen LogP) is 1.10. The van der Waals surface area contributed by atoms with Crippen LogP contribution in [0.15, 0.2) is 5.16 Å². The molecule has 1 fully saturated rings. The predicted molar refractivity (Wildman–Crippen MR) is 57.0 cm³/mol. The lowest BCUT2D eigenvalue weighted by atomic mass is 10.2. The summed E-state index contributed by atoms with van der Waals surface area (Å²) in [6.45, 7) is 3.47. The molecule has 15 heavy (non-hydrogen) atoms. The van der Waals surface area contributed by atoms with Crippen molar-refractivity contribution >= 4 is 5.84 Å². The zero-order chi connectivity index (χ0) is 11.1. The lowest BCUT2D eigenvalue weighted by molar-refractivity contribution is -0.0190. The molecule has 0 spiro atoms. The minimum absolute atomic E-state index is 0.0186. The van der Waals surface area contributed by atoms with Crippen LogP contribution in [0.4, 0.5) is 0 Å². The van der Waals surface area contributed by atoms with Crippen LogP contribution in [0.1, 0.15) is 32.6 Å². The highest BCUT2D eigenvalue weighted by Crippen LogP contribution is 2.14. The number of rotatable bonds is 6. The summed E-state index contributed by atoms with van der Waals surface area (Å²) >= 11 is 0. The molecular weight excluding hydrogens is 196 g/mol. The molecule has 1 heterocycles. The highest BCUT2D eigenvalue weighted by molar-refractivity contribution is 5.80. The van der Waals surface area contributed by atoms with Crippen molar-refractivity contribution in [3.05, 3.63) is 0 Å². The second-order valence-corrected chi connectivity index (χ2v) is 3.79. The monoisotopic (exact) mass is 216 g/mol. The molecule has 1 saturated heterocycles. The Morgan fingerprint density at radius 1 is 1.73 bits per heavy atom. The lowest BCUT2D eigenvalue weighted by Crippen LogP contribution is -2.26. The highest BCUT2D eigenvalue weighted by Gasteiger charge is 2.18. The largest absolute Gasteiger partial charge is 0.409 e. The Hall–Kier alpha value is -0.810. The van der Waals surface area contributed by atoms with E-state index < -0.39 is 0 Å². The van der Waals surface area contributed by atoms with Crippen molar-refractivity contribution in [1.29, 1.82) is 0 Å². The van der Waals surface area contributed by atoms with Crippen molar-refractivity contribution < 1.29 is 14.7 Å². The molecule has 0 aliphatic carbocycles. The number of oxime groups is 1. The Kier molecular flexibility index (Phi) is 5.42. The van der Waals surface area contributed by atoms with E-state index in [9.17, 15) is 0 Å². The molecular formula is C10H20N2O3. The Bertz CT molecular complexity index is 203. The highest BCUT2D eigenvalue weighted by atomic mass is 16.5. The molecule has 1 aliphatic heterocycles. The first-order chi connectivity index (χ1) is 7.26. The second-order valence-electron chi connectivity index (χ2n) is 3.79. The van der Waals surface area contributed by atoms with Gasteiger partial charge in [-0.3, -0.25) is 0 Å². The third kappa shape index (κ3) is 4.48. The molecule has 0 aromatic heterocycles. The van der Waals surface area contributed by atoms with E-state index in [1.807, 2.05) is 6.92 Å². The van der Waals surface area contributed by atoms with Crippen molar-refractivity contribution in [2.24, 2.45) is 10.9 Å². The van der Waals surface area contributed by atoms with Crippen LogP contribution in [0.25, 0.3) is 0 Å². The van der Waals surface area contributed by atoms with Gasteiger partial charge in [0.05, 0.1) is 18.8 Å². The molecule has 0 aromatic carbocycles. The van der Waals surface area contributed by atoms with Crippen molar-refractivity contribution in [2.75, 3.05) is 13.2 Å². The average Bonchev–Trinajstić information content (AvgIpc) is 2.76. The fraction of sp³-hybridized carbons (Fsp3) is 0.900. The Balaban J connectivity index is 2.20. The summed E-state index contributed by atoms with van der Waals surface area (Å²) in [6.07, 6.45) is 3.75. The topological polar surface area (TPSA) is 77.1 Å². The summed E-state index contributed by atoms with van der Waals surface area (Å²) < 4.78 is 11.1. The average molecular weight is 216 g/mol. The van der Waals surface area contributed by atoms with Gasteiger partial charge in [0.2, 0.25) is 0 Å². The van der Waals surface area contributed by atoms with Crippen LogP contribution in [0.3, 0.4) is 0 Å². The zero-order valence-corrected chi connectivity index (χ0v) is 9.19. The van der Waals surface area contributed by atoms with E-state index in [1.54, 1.807) is 0 Å². The normalized spacial score (nSPS) is 24.3. The van der Waals surface area contributed by atoms with Gasteiger partial charge in [0.25, 0.3) is 0 Å². The van der Waals surface area contributed by atoms with E-state index in [4.69, 9.17) is 20.4 Å². The number of ether oxygens (including phenoxy) is 2.